The van der Waals surface area contributed by atoms with E-state index < -0.39 is 8.32 Å². The molecule has 0 heterocycles. The van der Waals surface area contributed by atoms with Crippen molar-refractivity contribution in [3.8, 4) is 0 Å². The number of carbonyl (C=O) groups is 1. The van der Waals surface area contributed by atoms with E-state index in [0.717, 1.165) is 19.3 Å². The first-order valence-electron chi connectivity index (χ1n) is 6.02. The zero-order valence-electron chi connectivity index (χ0n) is 10.3. The zero-order valence-corrected chi connectivity index (χ0v) is 11.3. The number of ketones is 1. The number of Topliss-reactive ketones (excluding diaryl/α,β-unsaturated/α-hetero) is 1. The van der Waals surface area contributed by atoms with E-state index in [0.29, 0.717) is 5.78 Å². The lowest BCUT2D eigenvalue weighted by molar-refractivity contribution is -0.124. The SMILES string of the molecule is C[C@@]12CCC(=O)[C@@H]1[C@@H](O[Si](C)(C)C)CC2. The summed E-state index contributed by atoms with van der Waals surface area (Å²) in [5.74, 6) is 0.669. The summed E-state index contributed by atoms with van der Waals surface area (Å²) in [6, 6.07) is 0. The quantitative estimate of drug-likeness (QED) is 0.677. The zero-order chi connectivity index (χ0) is 11.3. The Balaban J connectivity index is 2.13. The van der Waals surface area contributed by atoms with Gasteiger partial charge >= 0.3 is 0 Å². The molecule has 86 valence electrons. The van der Waals surface area contributed by atoms with Crippen molar-refractivity contribution in [2.75, 3.05) is 0 Å². The van der Waals surface area contributed by atoms with Crippen molar-refractivity contribution in [3.63, 3.8) is 0 Å². The van der Waals surface area contributed by atoms with Crippen LogP contribution in [0.5, 0.6) is 0 Å². The lowest BCUT2D eigenvalue weighted by Crippen LogP contribution is -2.37. The third kappa shape index (κ3) is 2.04. The van der Waals surface area contributed by atoms with Crippen molar-refractivity contribution >= 4 is 14.1 Å². The van der Waals surface area contributed by atoms with Crippen molar-refractivity contribution in [2.24, 2.45) is 11.3 Å². The summed E-state index contributed by atoms with van der Waals surface area (Å²) in [4.78, 5) is 11.9. The molecule has 0 aromatic heterocycles. The second-order valence-corrected chi connectivity index (χ2v) is 10.9. The molecule has 0 N–H and O–H groups in total. The molecule has 2 fully saturated rings. The van der Waals surface area contributed by atoms with E-state index in [-0.39, 0.29) is 17.4 Å². The van der Waals surface area contributed by atoms with Crippen molar-refractivity contribution in [3.05, 3.63) is 0 Å². The Hall–Kier alpha value is -0.153. The van der Waals surface area contributed by atoms with E-state index in [1.807, 2.05) is 0 Å². The summed E-state index contributed by atoms with van der Waals surface area (Å²) in [5.41, 5.74) is 0.265. The minimum atomic E-state index is -1.50. The van der Waals surface area contributed by atoms with Crippen LogP contribution < -0.4 is 0 Å². The van der Waals surface area contributed by atoms with Crippen LogP contribution >= 0.6 is 0 Å². The van der Waals surface area contributed by atoms with Gasteiger partial charge in [-0.2, -0.15) is 0 Å². The molecule has 0 aromatic rings. The van der Waals surface area contributed by atoms with E-state index in [2.05, 4.69) is 26.6 Å². The normalized spacial score (nSPS) is 40.9. The Morgan fingerprint density at radius 2 is 2.00 bits per heavy atom. The molecule has 3 heteroatoms. The molecular formula is C12H22O2Si. The highest BCUT2D eigenvalue weighted by Gasteiger charge is 2.53. The first-order valence-corrected chi connectivity index (χ1v) is 9.43. The predicted molar refractivity (Wildman–Crippen MR) is 63.3 cm³/mol. The van der Waals surface area contributed by atoms with Gasteiger partial charge in [-0.3, -0.25) is 4.79 Å². The van der Waals surface area contributed by atoms with Gasteiger partial charge in [0, 0.05) is 12.3 Å². The van der Waals surface area contributed by atoms with Gasteiger partial charge in [-0.1, -0.05) is 6.92 Å². The van der Waals surface area contributed by atoms with Crippen LogP contribution in [0.1, 0.15) is 32.6 Å². The molecule has 2 nitrogen and oxygen atoms in total. The Bertz CT molecular complexity index is 282. The largest absolute Gasteiger partial charge is 0.414 e. The van der Waals surface area contributed by atoms with Crippen molar-refractivity contribution < 1.29 is 9.22 Å². The Morgan fingerprint density at radius 3 is 2.60 bits per heavy atom. The summed E-state index contributed by atoms with van der Waals surface area (Å²) in [7, 11) is -1.50. The molecule has 2 rings (SSSR count). The highest BCUT2D eigenvalue weighted by Crippen LogP contribution is 2.53. The second kappa shape index (κ2) is 3.42. The Morgan fingerprint density at radius 1 is 1.33 bits per heavy atom. The molecule has 15 heavy (non-hydrogen) atoms. The smallest absolute Gasteiger partial charge is 0.184 e. The van der Waals surface area contributed by atoms with Gasteiger partial charge in [0.2, 0.25) is 0 Å². The molecule has 0 radical (unpaired) electrons. The minimum absolute atomic E-state index is 0.212. The van der Waals surface area contributed by atoms with Crippen LogP contribution in [-0.4, -0.2) is 20.2 Å². The number of rotatable bonds is 2. The van der Waals surface area contributed by atoms with Gasteiger partial charge in [0.05, 0.1) is 6.10 Å². The monoisotopic (exact) mass is 226 g/mol. The van der Waals surface area contributed by atoms with Crippen LogP contribution in [0.2, 0.25) is 19.6 Å². The molecule has 0 bridgehead atoms. The molecule has 0 aromatic carbocycles. The molecular weight excluding hydrogens is 204 g/mol. The van der Waals surface area contributed by atoms with Crippen LogP contribution in [0, 0.1) is 11.3 Å². The molecule has 0 saturated heterocycles. The maximum Gasteiger partial charge on any atom is 0.184 e. The number of carbonyl (C=O) groups excluding carboxylic acids is 1. The summed E-state index contributed by atoms with van der Waals surface area (Å²) >= 11 is 0. The summed E-state index contributed by atoms with van der Waals surface area (Å²) in [6.07, 6.45) is 4.38. The van der Waals surface area contributed by atoms with Gasteiger partial charge in [0.25, 0.3) is 0 Å². The first-order chi connectivity index (χ1) is 6.82. The van der Waals surface area contributed by atoms with Gasteiger partial charge < -0.3 is 4.43 Å². The summed E-state index contributed by atoms with van der Waals surface area (Å²) in [6.45, 7) is 8.91. The lowest BCUT2D eigenvalue weighted by atomic mass is 9.82. The molecule has 0 amide bonds. The highest BCUT2D eigenvalue weighted by molar-refractivity contribution is 6.69. The fourth-order valence-electron chi connectivity index (χ4n) is 3.26. The topological polar surface area (TPSA) is 26.3 Å². The van der Waals surface area contributed by atoms with E-state index in [1.54, 1.807) is 0 Å². The average molecular weight is 226 g/mol. The fraction of sp³-hybridized carbons (Fsp3) is 0.917. The van der Waals surface area contributed by atoms with Gasteiger partial charge in [-0.05, 0) is 44.3 Å². The molecule has 2 saturated carbocycles. The molecule has 0 unspecified atom stereocenters. The molecule has 2 aliphatic rings. The summed E-state index contributed by atoms with van der Waals surface area (Å²) < 4.78 is 6.17. The second-order valence-electron chi connectivity index (χ2n) is 6.41. The van der Waals surface area contributed by atoms with Crippen molar-refractivity contribution in [1.29, 1.82) is 0 Å². The number of hydrogen-bond donors (Lipinski definition) is 0. The van der Waals surface area contributed by atoms with E-state index in [9.17, 15) is 4.79 Å². The molecule has 3 atom stereocenters. The lowest BCUT2D eigenvalue weighted by Gasteiger charge is -2.29. The van der Waals surface area contributed by atoms with E-state index >= 15 is 0 Å². The van der Waals surface area contributed by atoms with Gasteiger partial charge in [0.15, 0.2) is 8.32 Å². The maximum atomic E-state index is 11.9. The summed E-state index contributed by atoms with van der Waals surface area (Å²) in [5, 5.41) is 0. The molecule has 2 aliphatic carbocycles. The molecule has 0 spiro atoms. The maximum absolute atomic E-state index is 11.9. The van der Waals surface area contributed by atoms with E-state index in [1.165, 1.54) is 6.42 Å². The molecule has 0 aliphatic heterocycles. The third-order valence-electron chi connectivity index (χ3n) is 3.92. The predicted octanol–water partition coefficient (Wildman–Crippen LogP) is 2.99. The third-order valence-corrected chi connectivity index (χ3v) is 4.93. The van der Waals surface area contributed by atoms with E-state index in [4.69, 9.17) is 4.43 Å². The Kier molecular flexibility index (Phi) is 2.59. The van der Waals surface area contributed by atoms with Crippen molar-refractivity contribution in [2.45, 2.75) is 58.4 Å². The number of fused-ring (bicyclic) bond motifs is 1. The highest BCUT2D eigenvalue weighted by atomic mass is 28.4. The average Bonchev–Trinajstić information content (AvgIpc) is 2.51. The minimum Gasteiger partial charge on any atom is -0.414 e. The van der Waals surface area contributed by atoms with Crippen LogP contribution in [0.25, 0.3) is 0 Å². The van der Waals surface area contributed by atoms with Gasteiger partial charge in [-0.15, -0.1) is 0 Å². The number of hydrogen-bond acceptors (Lipinski definition) is 2. The van der Waals surface area contributed by atoms with Crippen LogP contribution in [0.3, 0.4) is 0 Å². The first kappa shape index (κ1) is 11.3. The Labute approximate surface area is 93.5 Å². The van der Waals surface area contributed by atoms with Crippen LogP contribution in [0.15, 0.2) is 0 Å². The fourth-order valence-corrected chi connectivity index (χ4v) is 4.43. The van der Waals surface area contributed by atoms with Gasteiger partial charge in [-0.25, -0.2) is 0 Å². The van der Waals surface area contributed by atoms with Gasteiger partial charge in [0.1, 0.15) is 5.78 Å². The van der Waals surface area contributed by atoms with Crippen molar-refractivity contribution in [1.82, 2.24) is 0 Å². The standard InChI is InChI=1S/C12H22O2Si/c1-12-7-5-9(13)11(12)10(6-8-12)14-15(2,3)4/h10-11H,5-8H2,1-4H3/t10-,11+,12-/m0/s1. The van der Waals surface area contributed by atoms with Crippen LogP contribution in [-0.2, 0) is 9.22 Å². The van der Waals surface area contributed by atoms with Crippen LogP contribution in [0.4, 0.5) is 0 Å².